The van der Waals surface area contributed by atoms with Crippen LogP contribution in [0.1, 0.15) is 35.3 Å². The van der Waals surface area contributed by atoms with Gasteiger partial charge in [0.15, 0.2) is 5.76 Å². The van der Waals surface area contributed by atoms with Crippen molar-refractivity contribution in [2.75, 3.05) is 13.3 Å². The average molecular weight is 404 g/mol. The third kappa shape index (κ3) is 3.57. The highest BCUT2D eigenvalue weighted by Crippen LogP contribution is 2.42. The number of ketones is 1. The van der Waals surface area contributed by atoms with Gasteiger partial charge in [0.2, 0.25) is 5.78 Å². The number of allylic oxidation sites excluding steroid dienone is 1. The molecule has 0 atom stereocenters. The summed E-state index contributed by atoms with van der Waals surface area (Å²) in [6.07, 6.45) is 1.66. The fraction of sp³-hybridized carbons (Fsp3) is 0.286. The minimum absolute atomic E-state index is 0.153. The van der Waals surface area contributed by atoms with Crippen LogP contribution in [0.2, 0.25) is 10.0 Å². The SMILES string of the molecule is CC(C)CN1COc2ccc3c(c2C1)O/C(=C\c1ccc(Cl)cc1Cl)C3=O. The molecule has 0 bridgehead atoms. The van der Waals surface area contributed by atoms with E-state index in [1.54, 1.807) is 30.3 Å². The van der Waals surface area contributed by atoms with Crippen molar-refractivity contribution in [3.05, 3.63) is 62.8 Å². The number of nitrogens with zero attached hydrogens (tertiary/aromatic N) is 1. The lowest BCUT2D eigenvalue weighted by Crippen LogP contribution is -2.34. The summed E-state index contributed by atoms with van der Waals surface area (Å²) in [5.41, 5.74) is 2.15. The second-order valence-corrected chi connectivity index (χ2v) is 8.05. The Bertz CT molecular complexity index is 953. The van der Waals surface area contributed by atoms with Crippen LogP contribution in [0.3, 0.4) is 0 Å². The normalized spacial score (nSPS) is 17.7. The number of carbonyl (C=O) groups is 1. The fourth-order valence-corrected chi connectivity index (χ4v) is 3.86. The van der Waals surface area contributed by atoms with Crippen LogP contribution >= 0.6 is 23.2 Å². The zero-order valence-electron chi connectivity index (χ0n) is 15.1. The number of hydrogen-bond donors (Lipinski definition) is 0. The summed E-state index contributed by atoms with van der Waals surface area (Å²) in [6, 6.07) is 8.74. The average Bonchev–Trinajstić information content (AvgIpc) is 2.93. The standard InChI is InChI=1S/C21H19Cl2NO3/c1-12(2)9-24-10-16-18(26-11-24)6-5-15-20(25)19(27-21(15)16)7-13-3-4-14(22)8-17(13)23/h3-8,12H,9-11H2,1-2H3/b19-7-. The molecule has 0 aliphatic carbocycles. The van der Waals surface area contributed by atoms with E-state index in [0.29, 0.717) is 46.1 Å². The monoisotopic (exact) mass is 403 g/mol. The van der Waals surface area contributed by atoms with E-state index >= 15 is 0 Å². The number of carbonyl (C=O) groups excluding carboxylic acids is 1. The Hall–Kier alpha value is -2.01. The van der Waals surface area contributed by atoms with Crippen molar-refractivity contribution >= 4 is 35.1 Å². The molecule has 2 aliphatic heterocycles. The summed E-state index contributed by atoms with van der Waals surface area (Å²) in [6.45, 7) is 6.49. The molecule has 2 aromatic rings. The molecule has 27 heavy (non-hydrogen) atoms. The minimum atomic E-state index is -0.153. The Morgan fingerprint density at radius 3 is 2.78 bits per heavy atom. The van der Waals surface area contributed by atoms with Crippen molar-refractivity contribution in [2.45, 2.75) is 20.4 Å². The second kappa shape index (κ2) is 7.19. The first-order valence-corrected chi connectivity index (χ1v) is 9.58. The molecular formula is C21H19Cl2NO3. The van der Waals surface area contributed by atoms with Gasteiger partial charge < -0.3 is 9.47 Å². The first-order valence-electron chi connectivity index (χ1n) is 8.82. The predicted molar refractivity (Wildman–Crippen MR) is 107 cm³/mol. The third-order valence-corrected chi connectivity index (χ3v) is 5.12. The Balaban J connectivity index is 1.67. The van der Waals surface area contributed by atoms with Crippen molar-refractivity contribution in [2.24, 2.45) is 5.92 Å². The number of Topliss-reactive ketones (excluding diaryl/α,β-unsaturated/α-hetero) is 1. The van der Waals surface area contributed by atoms with E-state index < -0.39 is 0 Å². The van der Waals surface area contributed by atoms with E-state index in [-0.39, 0.29) is 11.5 Å². The summed E-state index contributed by atoms with van der Waals surface area (Å²) >= 11 is 12.2. The fourth-order valence-electron chi connectivity index (χ4n) is 3.40. The van der Waals surface area contributed by atoms with Crippen LogP contribution in [-0.2, 0) is 6.54 Å². The van der Waals surface area contributed by atoms with Crippen LogP contribution in [0.15, 0.2) is 36.1 Å². The summed E-state index contributed by atoms with van der Waals surface area (Å²) in [4.78, 5) is 15.0. The Kier molecular flexibility index (Phi) is 4.89. The van der Waals surface area contributed by atoms with Gasteiger partial charge in [0.05, 0.1) is 11.1 Å². The van der Waals surface area contributed by atoms with Crippen LogP contribution in [-0.4, -0.2) is 24.0 Å². The van der Waals surface area contributed by atoms with E-state index in [1.165, 1.54) is 0 Å². The molecule has 0 fully saturated rings. The van der Waals surface area contributed by atoms with Crippen molar-refractivity contribution in [1.82, 2.24) is 4.90 Å². The minimum Gasteiger partial charge on any atom is -0.478 e. The highest BCUT2D eigenvalue weighted by atomic mass is 35.5. The van der Waals surface area contributed by atoms with Crippen LogP contribution in [0.25, 0.3) is 6.08 Å². The van der Waals surface area contributed by atoms with Gasteiger partial charge in [-0.3, -0.25) is 9.69 Å². The van der Waals surface area contributed by atoms with Crippen LogP contribution in [0.4, 0.5) is 0 Å². The molecule has 0 radical (unpaired) electrons. The molecule has 0 aromatic heterocycles. The predicted octanol–water partition coefficient (Wildman–Crippen LogP) is 5.42. The molecule has 0 unspecified atom stereocenters. The van der Waals surface area contributed by atoms with Crippen molar-refractivity contribution in [3.8, 4) is 11.5 Å². The maximum absolute atomic E-state index is 12.8. The van der Waals surface area contributed by atoms with Gasteiger partial charge in [-0.05, 0) is 41.8 Å². The first kappa shape index (κ1) is 18.4. The van der Waals surface area contributed by atoms with Gasteiger partial charge in [0.1, 0.15) is 18.2 Å². The Morgan fingerprint density at radius 1 is 1.22 bits per heavy atom. The van der Waals surface area contributed by atoms with Crippen LogP contribution in [0, 0.1) is 5.92 Å². The zero-order chi connectivity index (χ0) is 19.1. The summed E-state index contributed by atoms with van der Waals surface area (Å²) in [5.74, 6) is 1.98. The topological polar surface area (TPSA) is 38.8 Å². The summed E-state index contributed by atoms with van der Waals surface area (Å²) < 4.78 is 11.8. The lowest BCUT2D eigenvalue weighted by molar-refractivity contribution is 0.0832. The van der Waals surface area contributed by atoms with E-state index in [0.717, 1.165) is 17.9 Å². The van der Waals surface area contributed by atoms with Crippen molar-refractivity contribution in [1.29, 1.82) is 0 Å². The number of ether oxygens (including phenoxy) is 2. The Labute approximate surface area is 168 Å². The number of rotatable bonds is 3. The molecule has 4 rings (SSSR count). The van der Waals surface area contributed by atoms with Gasteiger partial charge in [-0.15, -0.1) is 0 Å². The molecule has 4 nitrogen and oxygen atoms in total. The molecule has 0 amide bonds. The van der Waals surface area contributed by atoms with Crippen molar-refractivity contribution in [3.63, 3.8) is 0 Å². The van der Waals surface area contributed by atoms with Gasteiger partial charge >= 0.3 is 0 Å². The zero-order valence-corrected chi connectivity index (χ0v) is 16.6. The second-order valence-electron chi connectivity index (χ2n) is 7.20. The third-order valence-electron chi connectivity index (χ3n) is 4.55. The molecule has 2 aromatic carbocycles. The largest absolute Gasteiger partial charge is 0.478 e. The molecule has 6 heteroatoms. The molecule has 0 spiro atoms. The van der Waals surface area contributed by atoms with E-state index in [9.17, 15) is 4.79 Å². The van der Waals surface area contributed by atoms with Crippen LogP contribution < -0.4 is 9.47 Å². The van der Waals surface area contributed by atoms with Gasteiger partial charge in [0.25, 0.3) is 0 Å². The smallest absolute Gasteiger partial charge is 0.231 e. The highest BCUT2D eigenvalue weighted by Gasteiger charge is 2.33. The van der Waals surface area contributed by atoms with Crippen molar-refractivity contribution < 1.29 is 14.3 Å². The quantitative estimate of drug-likeness (QED) is 0.641. The molecule has 2 heterocycles. The number of benzene rings is 2. The first-order chi connectivity index (χ1) is 12.9. The number of fused-ring (bicyclic) bond motifs is 3. The number of halogens is 2. The highest BCUT2D eigenvalue weighted by molar-refractivity contribution is 6.35. The van der Waals surface area contributed by atoms with Gasteiger partial charge in [-0.25, -0.2) is 0 Å². The summed E-state index contributed by atoms with van der Waals surface area (Å²) in [7, 11) is 0. The van der Waals surface area contributed by atoms with E-state index in [4.69, 9.17) is 32.7 Å². The lowest BCUT2D eigenvalue weighted by atomic mass is 10.0. The molecule has 0 saturated heterocycles. The lowest BCUT2D eigenvalue weighted by Gasteiger charge is -2.30. The van der Waals surface area contributed by atoms with E-state index in [2.05, 4.69) is 18.7 Å². The maximum atomic E-state index is 12.8. The molecule has 2 aliphatic rings. The molecule has 0 N–H and O–H groups in total. The van der Waals surface area contributed by atoms with Gasteiger partial charge in [0, 0.05) is 23.1 Å². The molecular weight excluding hydrogens is 385 g/mol. The number of hydrogen-bond acceptors (Lipinski definition) is 4. The maximum Gasteiger partial charge on any atom is 0.231 e. The summed E-state index contributed by atoms with van der Waals surface area (Å²) in [5, 5.41) is 1.01. The Morgan fingerprint density at radius 2 is 2.04 bits per heavy atom. The molecule has 0 saturated carbocycles. The van der Waals surface area contributed by atoms with E-state index in [1.807, 2.05) is 6.07 Å². The molecule has 140 valence electrons. The van der Waals surface area contributed by atoms with Gasteiger partial charge in [-0.1, -0.05) is 43.1 Å². The van der Waals surface area contributed by atoms with Crippen LogP contribution in [0.5, 0.6) is 11.5 Å². The van der Waals surface area contributed by atoms with Gasteiger partial charge in [-0.2, -0.15) is 0 Å².